The Morgan fingerprint density at radius 3 is 2.74 bits per heavy atom. The third-order valence-electron chi connectivity index (χ3n) is 3.99. The number of nitrogens with two attached hydrogens (primary N) is 1. The molecular formula is C15H25N3O. The predicted molar refractivity (Wildman–Crippen MR) is 76.2 cm³/mol. The fraction of sp³-hybridized carbons (Fsp3) is 0.733. The quantitative estimate of drug-likeness (QED) is 0.887. The van der Waals surface area contributed by atoms with Crippen LogP contribution >= 0.6 is 0 Å². The number of aromatic nitrogens is 2. The molecule has 1 heterocycles. The van der Waals surface area contributed by atoms with Crippen molar-refractivity contribution < 1.29 is 4.74 Å². The molecule has 2 N–H and O–H groups in total. The van der Waals surface area contributed by atoms with Crippen LogP contribution in [0.15, 0.2) is 6.07 Å². The Hall–Kier alpha value is -1.16. The van der Waals surface area contributed by atoms with E-state index in [1.807, 2.05) is 13.0 Å². The molecule has 0 radical (unpaired) electrons. The molecule has 2 atom stereocenters. The molecule has 0 saturated heterocycles. The summed E-state index contributed by atoms with van der Waals surface area (Å²) in [6.45, 7) is 7.71. The number of rotatable bonds is 5. The maximum atomic E-state index is 5.82. The second kappa shape index (κ2) is 6.33. The molecule has 0 bridgehead atoms. The van der Waals surface area contributed by atoms with Crippen LogP contribution in [-0.2, 0) is 0 Å². The molecule has 0 aliphatic heterocycles. The Bertz CT molecular complexity index is 420. The lowest BCUT2D eigenvalue weighted by atomic mass is 9.97. The van der Waals surface area contributed by atoms with Crippen molar-refractivity contribution in [1.29, 1.82) is 0 Å². The van der Waals surface area contributed by atoms with E-state index in [9.17, 15) is 0 Å². The first-order valence-corrected chi connectivity index (χ1v) is 7.28. The average molecular weight is 263 g/mol. The minimum Gasteiger partial charge on any atom is -0.463 e. The maximum Gasteiger partial charge on any atom is 0.316 e. The van der Waals surface area contributed by atoms with Gasteiger partial charge in [0.05, 0.1) is 12.3 Å². The SMILES string of the molecule is Cc1cc(C(C)C)nc(OCC2CCCC2CN)n1. The molecule has 0 aromatic carbocycles. The summed E-state index contributed by atoms with van der Waals surface area (Å²) in [5, 5.41) is 0. The van der Waals surface area contributed by atoms with E-state index in [2.05, 4.69) is 23.8 Å². The summed E-state index contributed by atoms with van der Waals surface area (Å²) in [4.78, 5) is 8.84. The molecule has 0 spiro atoms. The van der Waals surface area contributed by atoms with E-state index >= 15 is 0 Å². The minimum atomic E-state index is 0.396. The lowest BCUT2D eigenvalue weighted by Crippen LogP contribution is -2.23. The Balaban J connectivity index is 1.99. The zero-order valence-electron chi connectivity index (χ0n) is 12.2. The van der Waals surface area contributed by atoms with Gasteiger partial charge in [0.1, 0.15) is 0 Å². The van der Waals surface area contributed by atoms with Gasteiger partial charge in [0.15, 0.2) is 0 Å². The van der Waals surface area contributed by atoms with E-state index in [4.69, 9.17) is 10.5 Å². The largest absolute Gasteiger partial charge is 0.463 e. The zero-order chi connectivity index (χ0) is 13.8. The van der Waals surface area contributed by atoms with Crippen LogP contribution in [0.4, 0.5) is 0 Å². The van der Waals surface area contributed by atoms with Gasteiger partial charge in [-0.2, -0.15) is 4.98 Å². The molecule has 106 valence electrons. The molecule has 1 aliphatic rings. The molecule has 1 fully saturated rings. The lowest BCUT2D eigenvalue weighted by Gasteiger charge is -2.18. The molecule has 2 unspecified atom stereocenters. The van der Waals surface area contributed by atoms with Gasteiger partial charge < -0.3 is 10.5 Å². The van der Waals surface area contributed by atoms with E-state index in [1.54, 1.807) is 0 Å². The van der Waals surface area contributed by atoms with Crippen LogP contribution in [-0.4, -0.2) is 23.1 Å². The number of ether oxygens (including phenoxy) is 1. The first kappa shape index (κ1) is 14.3. The summed E-state index contributed by atoms with van der Waals surface area (Å²) in [6.07, 6.45) is 3.71. The third-order valence-corrected chi connectivity index (χ3v) is 3.99. The first-order valence-electron chi connectivity index (χ1n) is 7.28. The lowest BCUT2D eigenvalue weighted by molar-refractivity contribution is 0.202. The van der Waals surface area contributed by atoms with Gasteiger partial charge in [-0.25, -0.2) is 4.98 Å². The van der Waals surface area contributed by atoms with Gasteiger partial charge in [-0.05, 0) is 50.1 Å². The van der Waals surface area contributed by atoms with Crippen molar-refractivity contribution in [2.24, 2.45) is 17.6 Å². The topological polar surface area (TPSA) is 61.0 Å². The molecule has 1 aliphatic carbocycles. The van der Waals surface area contributed by atoms with Crippen LogP contribution in [0.25, 0.3) is 0 Å². The van der Waals surface area contributed by atoms with E-state index < -0.39 is 0 Å². The predicted octanol–water partition coefficient (Wildman–Crippen LogP) is 2.66. The molecule has 4 nitrogen and oxygen atoms in total. The Morgan fingerprint density at radius 2 is 2.05 bits per heavy atom. The number of hydrogen-bond donors (Lipinski definition) is 1. The number of nitrogens with zero attached hydrogens (tertiary/aromatic N) is 2. The molecule has 1 aromatic rings. The third kappa shape index (κ3) is 3.66. The summed E-state index contributed by atoms with van der Waals surface area (Å²) >= 11 is 0. The second-order valence-corrected chi connectivity index (χ2v) is 5.87. The van der Waals surface area contributed by atoms with Crippen molar-refractivity contribution in [1.82, 2.24) is 9.97 Å². The van der Waals surface area contributed by atoms with Crippen LogP contribution < -0.4 is 10.5 Å². The smallest absolute Gasteiger partial charge is 0.316 e. The number of aryl methyl sites for hydroxylation is 1. The Labute approximate surface area is 115 Å². The first-order chi connectivity index (χ1) is 9.10. The number of hydrogen-bond acceptors (Lipinski definition) is 4. The molecular weight excluding hydrogens is 238 g/mol. The second-order valence-electron chi connectivity index (χ2n) is 5.87. The minimum absolute atomic E-state index is 0.396. The van der Waals surface area contributed by atoms with Crippen LogP contribution in [0.2, 0.25) is 0 Å². The molecule has 2 rings (SSSR count). The summed E-state index contributed by atoms with van der Waals surface area (Å²) in [5.74, 6) is 1.57. The molecule has 4 heteroatoms. The summed E-state index contributed by atoms with van der Waals surface area (Å²) in [6, 6.07) is 2.54. The van der Waals surface area contributed by atoms with Crippen molar-refractivity contribution in [2.45, 2.75) is 46.0 Å². The summed E-state index contributed by atoms with van der Waals surface area (Å²) < 4.78 is 5.82. The van der Waals surface area contributed by atoms with Gasteiger partial charge in [0.25, 0.3) is 0 Å². The van der Waals surface area contributed by atoms with E-state index in [1.165, 1.54) is 19.3 Å². The fourth-order valence-corrected chi connectivity index (χ4v) is 2.75. The maximum absolute atomic E-state index is 5.82. The average Bonchev–Trinajstić information content (AvgIpc) is 2.83. The van der Waals surface area contributed by atoms with Crippen molar-refractivity contribution >= 4 is 0 Å². The zero-order valence-corrected chi connectivity index (χ0v) is 12.2. The van der Waals surface area contributed by atoms with Crippen molar-refractivity contribution in [3.63, 3.8) is 0 Å². The van der Waals surface area contributed by atoms with Crippen LogP contribution in [0.1, 0.15) is 50.4 Å². The van der Waals surface area contributed by atoms with Crippen molar-refractivity contribution in [2.75, 3.05) is 13.2 Å². The monoisotopic (exact) mass is 263 g/mol. The highest BCUT2D eigenvalue weighted by molar-refractivity contribution is 5.15. The van der Waals surface area contributed by atoms with Gasteiger partial charge in [0, 0.05) is 5.69 Å². The van der Waals surface area contributed by atoms with Gasteiger partial charge in [0.2, 0.25) is 0 Å². The Kier molecular flexibility index (Phi) is 4.75. The van der Waals surface area contributed by atoms with Crippen LogP contribution in [0.5, 0.6) is 6.01 Å². The van der Waals surface area contributed by atoms with Gasteiger partial charge in [-0.3, -0.25) is 0 Å². The Morgan fingerprint density at radius 1 is 1.32 bits per heavy atom. The summed E-state index contributed by atoms with van der Waals surface area (Å²) in [7, 11) is 0. The highest BCUT2D eigenvalue weighted by Gasteiger charge is 2.26. The van der Waals surface area contributed by atoms with E-state index in [0.717, 1.165) is 17.9 Å². The molecule has 19 heavy (non-hydrogen) atoms. The van der Waals surface area contributed by atoms with E-state index in [-0.39, 0.29) is 0 Å². The van der Waals surface area contributed by atoms with Crippen molar-refractivity contribution in [3.8, 4) is 6.01 Å². The molecule has 0 amide bonds. The fourth-order valence-electron chi connectivity index (χ4n) is 2.75. The van der Waals surface area contributed by atoms with Crippen LogP contribution in [0, 0.1) is 18.8 Å². The molecule has 1 aromatic heterocycles. The van der Waals surface area contributed by atoms with E-state index in [0.29, 0.717) is 30.4 Å². The normalized spacial score (nSPS) is 23.0. The van der Waals surface area contributed by atoms with Gasteiger partial charge >= 0.3 is 6.01 Å². The molecule has 1 saturated carbocycles. The van der Waals surface area contributed by atoms with Crippen molar-refractivity contribution in [3.05, 3.63) is 17.5 Å². The van der Waals surface area contributed by atoms with Crippen LogP contribution in [0.3, 0.4) is 0 Å². The standard InChI is InChI=1S/C15H25N3O/c1-10(2)14-7-11(3)17-15(18-14)19-9-13-6-4-5-12(13)8-16/h7,10,12-13H,4-6,8-9,16H2,1-3H3. The highest BCUT2D eigenvalue weighted by Crippen LogP contribution is 2.31. The van der Waals surface area contributed by atoms with Gasteiger partial charge in [-0.15, -0.1) is 0 Å². The highest BCUT2D eigenvalue weighted by atomic mass is 16.5. The summed E-state index contributed by atoms with van der Waals surface area (Å²) in [5.41, 5.74) is 7.81. The van der Waals surface area contributed by atoms with Gasteiger partial charge in [-0.1, -0.05) is 20.3 Å².